The van der Waals surface area contributed by atoms with Crippen molar-refractivity contribution in [3.8, 4) is 11.3 Å². The average Bonchev–Trinajstić information content (AvgIpc) is 3.21. The van der Waals surface area contributed by atoms with E-state index in [0.717, 1.165) is 67.9 Å². The molecule has 3 rings (SSSR count). The maximum Gasteiger partial charge on any atom is 0.253 e. The van der Waals surface area contributed by atoms with Gasteiger partial charge in [0, 0.05) is 37.5 Å². The highest BCUT2D eigenvalue weighted by Gasteiger charge is 2.17. The number of hydrogen-bond donors (Lipinski definition) is 0. The van der Waals surface area contributed by atoms with Crippen LogP contribution in [-0.2, 0) is 11.2 Å². The van der Waals surface area contributed by atoms with Crippen LogP contribution in [0.4, 0.5) is 0 Å². The molecule has 2 aromatic rings. The zero-order chi connectivity index (χ0) is 19.2. The fourth-order valence-corrected chi connectivity index (χ4v) is 3.52. The molecule has 1 aliphatic heterocycles. The van der Waals surface area contributed by atoms with Crippen molar-refractivity contribution in [2.45, 2.75) is 52.1 Å². The first kappa shape index (κ1) is 19.5. The minimum atomic E-state index is 0.0588. The molecule has 1 aromatic carbocycles. The molecule has 2 heterocycles. The molecular weight excluding hydrogens is 338 g/mol. The van der Waals surface area contributed by atoms with E-state index in [9.17, 15) is 4.79 Å². The van der Waals surface area contributed by atoms with Crippen molar-refractivity contribution in [2.75, 3.05) is 20.2 Å². The molecule has 5 nitrogen and oxygen atoms in total. The summed E-state index contributed by atoms with van der Waals surface area (Å²) in [6.45, 7) is 5.64. The topological polar surface area (TPSA) is 55.3 Å². The number of nitrogens with zero attached hydrogens (tertiary/aromatic N) is 3. The van der Waals surface area contributed by atoms with Crippen molar-refractivity contribution in [3.63, 3.8) is 0 Å². The summed E-state index contributed by atoms with van der Waals surface area (Å²) >= 11 is 0. The van der Waals surface area contributed by atoms with Crippen LogP contribution in [0.25, 0.3) is 11.3 Å². The van der Waals surface area contributed by atoms with Crippen molar-refractivity contribution in [1.82, 2.24) is 14.9 Å². The number of amides is 1. The molecule has 0 unspecified atom stereocenters. The van der Waals surface area contributed by atoms with Crippen molar-refractivity contribution in [2.24, 2.45) is 0 Å². The lowest BCUT2D eigenvalue weighted by molar-refractivity contribution is 0.0763. The number of ether oxygens (including phenoxy) is 1. The number of aromatic nitrogens is 2. The van der Waals surface area contributed by atoms with Crippen molar-refractivity contribution in [3.05, 3.63) is 47.4 Å². The van der Waals surface area contributed by atoms with Crippen LogP contribution in [0.15, 0.2) is 30.5 Å². The quantitative estimate of drug-likeness (QED) is 0.741. The maximum absolute atomic E-state index is 12.7. The number of benzene rings is 1. The Balaban J connectivity index is 1.62. The summed E-state index contributed by atoms with van der Waals surface area (Å²) in [5.41, 5.74) is 3.80. The van der Waals surface area contributed by atoms with E-state index in [-0.39, 0.29) is 5.91 Å². The third-order valence-corrected chi connectivity index (χ3v) is 5.16. The lowest BCUT2D eigenvalue weighted by Gasteiger charge is -2.18. The summed E-state index contributed by atoms with van der Waals surface area (Å²) < 4.78 is 5.65. The zero-order valence-corrected chi connectivity index (χ0v) is 16.6. The van der Waals surface area contributed by atoms with Gasteiger partial charge in [-0.15, -0.1) is 0 Å². The Hall–Kier alpha value is -2.27. The fraction of sp³-hybridized carbons (Fsp3) is 0.500. The monoisotopic (exact) mass is 367 g/mol. The van der Waals surface area contributed by atoms with E-state index in [0.29, 0.717) is 11.7 Å². The van der Waals surface area contributed by atoms with Crippen LogP contribution in [0, 0.1) is 6.92 Å². The maximum atomic E-state index is 12.7. The second-order valence-corrected chi connectivity index (χ2v) is 7.23. The number of aryl methyl sites for hydroxylation is 2. The Kier molecular flexibility index (Phi) is 6.56. The van der Waals surface area contributed by atoms with Crippen LogP contribution < -0.4 is 0 Å². The van der Waals surface area contributed by atoms with Gasteiger partial charge in [-0.3, -0.25) is 4.79 Å². The molecule has 1 aliphatic rings. The van der Waals surface area contributed by atoms with Crippen LogP contribution >= 0.6 is 0 Å². The van der Waals surface area contributed by atoms with E-state index in [1.54, 1.807) is 4.90 Å². The number of carbonyl (C=O) groups excluding carboxylic acids is 1. The SMILES string of the molecule is CCc1cnc(C)nc1-c1ccc(C(=O)N(C)CCC[C@H]2CCCO2)cc1. The van der Waals surface area contributed by atoms with Crippen LogP contribution in [0.5, 0.6) is 0 Å². The van der Waals surface area contributed by atoms with Gasteiger partial charge in [-0.1, -0.05) is 19.1 Å². The smallest absolute Gasteiger partial charge is 0.253 e. The van der Waals surface area contributed by atoms with Crippen molar-refractivity contribution < 1.29 is 9.53 Å². The Morgan fingerprint density at radius 2 is 2.07 bits per heavy atom. The van der Waals surface area contributed by atoms with Gasteiger partial charge in [0.2, 0.25) is 0 Å². The summed E-state index contributed by atoms with van der Waals surface area (Å²) in [7, 11) is 1.87. The number of hydrogen-bond acceptors (Lipinski definition) is 4. The zero-order valence-electron chi connectivity index (χ0n) is 16.6. The second kappa shape index (κ2) is 9.09. The van der Waals surface area contributed by atoms with Gasteiger partial charge in [-0.05, 0) is 56.7 Å². The van der Waals surface area contributed by atoms with E-state index >= 15 is 0 Å². The Bertz CT molecular complexity index is 768. The average molecular weight is 367 g/mol. The van der Waals surface area contributed by atoms with Crippen LogP contribution in [0.1, 0.15) is 54.4 Å². The largest absolute Gasteiger partial charge is 0.378 e. The molecule has 5 heteroatoms. The summed E-state index contributed by atoms with van der Waals surface area (Å²) in [5.74, 6) is 0.816. The molecule has 27 heavy (non-hydrogen) atoms. The van der Waals surface area contributed by atoms with E-state index in [1.165, 1.54) is 0 Å². The van der Waals surface area contributed by atoms with E-state index in [4.69, 9.17) is 4.74 Å². The fourth-order valence-electron chi connectivity index (χ4n) is 3.52. The third-order valence-electron chi connectivity index (χ3n) is 5.16. The van der Waals surface area contributed by atoms with Gasteiger partial charge in [0.25, 0.3) is 5.91 Å². The lowest BCUT2D eigenvalue weighted by atomic mass is 10.0. The standard InChI is InChI=1S/C22H29N3O2/c1-4-17-15-23-16(2)24-21(17)18-9-11-19(12-10-18)22(26)25(3)13-5-7-20-8-6-14-27-20/h9-12,15,20H,4-8,13-14H2,1-3H3/t20-/m0/s1. The van der Waals surface area contributed by atoms with Gasteiger partial charge in [0.05, 0.1) is 11.8 Å². The molecule has 0 saturated carbocycles. The van der Waals surface area contributed by atoms with Gasteiger partial charge >= 0.3 is 0 Å². The molecular formula is C22H29N3O2. The van der Waals surface area contributed by atoms with Gasteiger partial charge in [0.15, 0.2) is 0 Å². The molecule has 0 spiro atoms. The van der Waals surface area contributed by atoms with Crippen LogP contribution in [0.3, 0.4) is 0 Å². The highest BCUT2D eigenvalue weighted by molar-refractivity contribution is 5.94. The van der Waals surface area contributed by atoms with E-state index < -0.39 is 0 Å². The molecule has 1 atom stereocenters. The van der Waals surface area contributed by atoms with Crippen molar-refractivity contribution in [1.29, 1.82) is 0 Å². The first-order valence-electron chi connectivity index (χ1n) is 9.88. The van der Waals surface area contributed by atoms with E-state index in [2.05, 4.69) is 16.9 Å². The van der Waals surface area contributed by atoms with Crippen LogP contribution in [-0.4, -0.2) is 47.1 Å². The normalized spacial score (nSPS) is 16.5. The van der Waals surface area contributed by atoms with Gasteiger partial charge in [0.1, 0.15) is 5.82 Å². The molecule has 0 bridgehead atoms. The second-order valence-electron chi connectivity index (χ2n) is 7.23. The van der Waals surface area contributed by atoms with Crippen LogP contribution in [0.2, 0.25) is 0 Å². The first-order chi connectivity index (χ1) is 13.1. The van der Waals surface area contributed by atoms with Crippen molar-refractivity contribution >= 4 is 5.91 Å². The Labute approximate surface area is 161 Å². The minimum Gasteiger partial charge on any atom is -0.378 e. The Morgan fingerprint density at radius 3 is 2.74 bits per heavy atom. The predicted octanol–water partition coefficient (Wildman–Crippen LogP) is 4.05. The van der Waals surface area contributed by atoms with Gasteiger partial charge in [-0.2, -0.15) is 0 Å². The Morgan fingerprint density at radius 1 is 1.30 bits per heavy atom. The minimum absolute atomic E-state index is 0.0588. The summed E-state index contributed by atoms with van der Waals surface area (Å²) in [6, 6.07) is 7.75. The molecule has 0 aliphatic carbocycles. The van der Waals surface area contributed by atoms with Gasteiger partial charge in [-0.25, -0.2) is 9.97 Å². The summed E-state index contributed by atoms with van der Waals surface area (Å²) in [6.07, 6.45) is 7.48. The third kappa shape index (κ3) is 4.92. The molecule has 1 fully saturated rings. The molecule has 0 radical (unpaired) electrons. The molecule has 144 valence electrons. The summed E-state index contributed by atoms with van der Waals surface area (Å²) in [4.78, 5) is 23.3. The molecule has 1 aromatic heterocycles. The molecule has 0 N–H and O–H groups in total. The molecule has 1 amide bonds. The summed E-state index contributed by atoms with van der Waals surface area (Å²) in [5, 5.41) is 0. The number of rotatable bonds is 7. The first-order valence-corrected chi connectivity index (χ1v) is 9.88. The highest BCUT2D eigenvalue weighted by atomic mass is 16.5. The van der Waals surface area contributed by atoms with Gasteiger partial charge < -0.3 is 9.64 Å². The predicted molar refractivity (Wildman–Crippen MR) is 107 cm³/mol. The molecule has 1 saturated heterocycles. The highest BCUT2D eigenvalue weighted by Crippen LogP contribution is 2.23. The number of carbonyl (C=O) groups is 1. The van der Waals surface area contributed by atoms with E-state index in [1.807, 2.05) is 44.4 Å². The lowest BCUT2D eigenvalue weighted by Crippen LogP contribution is -2.28.